The summed E-state index contributed by atoms with van der Waals surface area (Å²) >= 11 is 0. The summed E-state index contributed by atoms with van der Waals surface area (Å²) in [5.74, 6) is -2.79. The molecule has 0 amide bonds. The Kier molecular flexibility index (Phi) is 5.79. The number of fused-ring (bicyclic) bond motifs is 1. The Balaban J connectivity index is 2.58. The first-order valence-corrected chi connectivity index (χ1v) is 7.44. The number of rotatable bonds is 7. The minimum Gasteiger partial charge on any atom is -0.468 e. The summed E-state index contributed by atoms with van der Waals surface area (Å²) < 4.78 is 4.59. The van der Waals surface area contributed by atoms with E-state index in [1.807, 2.05) is 0 Å². The maximum absolute atomic E-state index is 11.8. The zero-order valence-electron chi connectivity index (χ0n) is 13.5. The molecule has 1 atom stereocenters. The van der Waals surface area contributed by atoms with Crippen molar-refractivity contribution in [3.8, 4) is 0 Å². The van der Waals surface area contributed by atoms with Crippen LogP contribution in [0.4, 0.5) is 5.69 Å². The fourth-order valence-electron chi connectivity index (χ4n) is 2.70. The van der Waals surface area contributed by atoms with Crippen molar-refractivity contribution in [2.24, 2.45) is 5.92 Å². The number of esters is 1. The highest BCUT2D eigenvalue weighted by Crippen LogP contribution is 2.30. The summed E-state index contributed by atoms with van der Waals surface area (Å²) in [5.41, 5.74) is 0.723. The highest BCUT2D eigenvalue weighted by molar-refractivity contribution is 6.00. The molecule has 1 unspecified atom stereocenters. The van der Waals surface area contributed by atoms with Gasteiger partial charge < -0.3 is 14.9 Å². The number of Topliss-reactive ketones (excluding diaryl/α,β-unsaturated/α-hetero) is 1. The molecular weight excluding hydrogens is 330 g/mol. The molecule has 2 N–H and O–H groups in total. The lowest BCUT2D eigenvalue weighted by Crippen LogP contribution is -2.30. The zero-order valence-corrected chi connectivity index (χ0v) is 13.5. The molecule has 0 radical (unpaired) electrons. The molecule has 8 heteroatoms. The van der Waals surface area contributed by atoms with Crippen LogP contribution in [0.1, 0.15) is 11.1 Å². The van der Waals surface area contributed by atoms with Crippen LogP contribution in [0.5, 0.6) is 0 Å². The lowest BCUT2D eigenvalue weighted by Gasteiger charge is -2.15. The zero-order chi connectivity index (χ0) is 18.6. The molecule has 0 aliphatic heterocycles. The van der Waals surface area contributed by atoms with Gasteiger partial charge in [0, 0.05) is 6.07 Å². The predicted molar refractivity (Wildman–Crippen MR) is 87.8 cm³/mol. The third kappa shape index (κ3) is 3.81. The Hall–Kier alpha value is -2.84. The molecule has 0 aliphatic carbocycles. The number of nitrogens with zero attached hydrogens (tertiary/aromatic N) is 1. The second kappa shape index (κ2) is 7.82. The molecule has 2 aromatic carbocycles. The van der Waals surface area contributed by atoms with Crippen LogP contribution >= 0.6 is 0 Å². The number of carbonyl (C=O) groups is 2. The topological polar surface area (TPSA) is 127 Å². The lowest BCUT2D eigenvalue weighted by atomic mass is 9.90. The molecule has 132 valence electrons. The van der Waals surface area contributed by atoms with Gasteiger partial charge in [0.15, 0.2) is 5.78 Å². The van der Waals surface area contributed by atoms with Crippen LogP contribution in [0.25, 0.3) is 10.8 Å². The smallest absolute Gasteiger partial charge is 0.316 e. The van der Waals surface area contributed by atoms with Crippen LogP contribution in [0, 0.1) is 16.0 Å². The van der Waals surface area contributed by atoms with Gasteiger partial charge in [0.2, 0.25) is 0 Å². The molecule has 0 bridgehead atoms. The van der Waals surface area contributed by atoms with Crippen LogP contribution in [-0.4, -0.2) is 40.6 Å². The Morgan fingerprint density at radius 2 is 1.96 bits per heavy atom. The van der Waals surface area contributed by atoms with Crippen LogP contribution in [0.2, 0.25) is 0 Å². The van der Waals surface area contributed by atoms with Gasteiger partial charge in [-0.2, -0.15) is 0 Å². The summed E-state index contributed by atoms with van der Waals surface area (Å²) in [6.07, 6.45) is -0.135. The summed E-state index contributed by atoms with van der Waals surface area (Å²) in [4.78, 5) is 34.3. The van der Waals surface area contributed by atoms with Gasteiger partial charge in [0.1, 0.15) is 12.5 Å². The van der Waals surface area contributed by atoms with Crippen LogP contribution < -0.4 is 0 Å². The van der Waals surface area contributed by atoms with Crippen LogP contribution in [0.3, 0.4) is 0 Å². The average molecular weight is 347 g/mol. The van der Waals surface area contributed by atoms with Crippen molar-refractivity contribution >= 4 is 28.2 Å². The number of nitro groups is 1. The molecule has 0 fully saturated rings. The minimum absolute atomic E-state index is 0.119. The molecule has 0 aromatic heterocycles. The summed E-state index contributed by atoms with van der Waals surface area (Å²) in [6, 6.07) is 7.62. The van der Waals surface area contributed by atoms with E-state index in [0.717, 1.165) is 7.11 Å². The quantitative estimate of drug-likeness (QED) is 0.333. The molecule has 2 rings (SSSR count). The number of hydrogen-bond donors (Lipinski definition) is 2. The van der Waals surface area contributed by atoms with Gasteiger partial charge >= 0.3 is 5.97 Å². The molecular formula is C17H17NO7. The second-order valence-corrected chi connectivity index (χ2v) is 5.44. The summed E-state index contributed by atoms with van der Waals surface area (Å²) in [7, 11) is 1.12. The Labute approximate surface area is 142 Å². The van der Waals surface area contributed by atoms with Crippen molar-refractivity contribution in [1.29, 1.82) is 0 Å². The number of aliphatic hydroxyl groups excluding tert-OH is 2. The highest BCUT2D eigenvalue weighted by Gasteiger charge is 2.28. The fraction of sp³-hybridized carbons (Fsp3) is 0.294. The summed E-state index contributed by atoms with van der Waals surface area (Å²) in [6.45, 7) is -1.20. The summed E-state index contributed by atoms with van der Waals surface area (Å²) in [5, 5.41) is 30.7. The number of ether oxygens (including phenoxy) is 1. The van der Waals surface area contributed by atoms with E-state index in [9.17, 15) is 24.8 Å². The average Bonchev–Trinajstić information content (AvgIpc) is 2.63. The van der Waals surface area contributed by atoms with Gasteiger partial charge in [-0.25, -0.2) is 0 Å². The third-order valence-corrected chi connectivity index (χ3v) is 4.00. The van der Waals surface area contributed by atoms with Crippen LogP contribution in [-0.2, 0) is 27.4 Å². The maximum Gasteiger partial charge on any atom is 0.316 e. The number of non-ortho nitro benzene ring substituents is 1. The van der Waals surface area contributed by atoms with E-state index in [-0.39, 0.29) is 18.7 Å². The van der Waals surface area contributed by atoms with Gasteiger partial charge in [-0.3, -0.25) is 19.7 Å². The van der Waals surface area contributed by atoms with E-state index >= 15 is 0 Å². The molecule has 8 nitrogen and oxygen atoms in total. The molecule has 0 heterocycles. The van der Waals surface area contributed by atoms with E-state index in [1.54, 1.807) is 12.1 Å². The monoisotopic (exact) mass is 347 g/mol. The fourth-order valence-corrected chi connectivity index (χ4v) is 2.70. The first-order chi connectivity index (χ1) is 11.9. The van der Waals surface area contributed by atoms with Crippen molar-refractivity contribution in [2.75, 3.05) is 13.7 Å². The van der Waals surface area contributed by atoms with E-state index < -0.39 is 29.2 Å². The van der Waals surface area contributed by atoms with Gasteiger partial charge in [-0.1, -0.05) is 12.1 Å². The SMILES string of the molecule is COC(=O)C(Cc1cc2c([N+](=O)[O-])cccc2cc1CO)C(=O)CO. The van der Waals surface area contributed by atoms with Crippen molar-refractivity contribution in [3.05, 3.63) is 51.6 Å². The number of hydrogen-bond acceptors (Lipinski definition) is 7. The number of methoxy groups -OCH3 is 1. The molecule has 25 heavy (non-hydrogen) atoms. The van der Waals surface area contributed by atoms with E-state index in [4.69, 9.17) is 5.11 Å². The van der Waals surface area contributed by atoms with Gasteiger partial charge in [-0.15, -0.1) is 0 Å². The maximum atomic E-state index is 11.8. The first kappa shape index (κ1) is 18.5. The van der Waals surface area contributed by atoms with Gasteiger partial charge in [0.25, 0.3) is 5.69 Å². The van der Waals surface area contributed by atoms with Crippen molar-refractivity contribution in [2.45, 2.75) is 13.0 Å². The number of ketones is 1. The van der Waals surface area contributed by atoms with Crippen LogP contribution in [0.15, 0.2) is 30.3 Å². The highest BCUT2D eigenvalue weighted by atomic mass is 16.6. The Morgan fingerprint density at radius 3 is 2.52 bits per heavy atom. The van der Waals surface area contributed by atoms with E-state index in [1.165, 1.54) is 18.2 Å². The second-order valence-electron chi connectivity index (χ2n) is 5.44. The normalized spacial score (nSPS) is 12.0. The van der Waals surface area contributed by atoms with E-state index in [0.29, 0.717) is 21.9 Å². The number of aliphatic hydroxyl groups is 2. The number of carbonyl (C=O) groups excluding carboxylic acids is 2. The minimum atomic E-state index is -1.25. The molecule has 2 aromatic rings. The first-order valence-electron chi connectivity index (χ1n) is 7.44. The lowest BCUT2D eigenvalue weighted by molar-refractivity contribution is -0.383. The molecule has 0 spiro atoms. The standard InChI is InChI=1S/C17H17NO7/c1-25-17(22)14(16(21)9-20)7-11-6-13-10(5-12(11)8-19)3-2-4-15(13)18(23)24/h2-6,14,19-20H,7-9H2,1H3. The van der Waals surface area contributed by atoms with Crippen molar-refractivity contribution in [3.63, 3.8) is 0 Å². The largest absolute Gasteiger partial charge is 0.468 e. The molecule has 0 saturated carbocycles. The van der Waals surface area contributed by atoms with Crippen molar-refractivity contribution < 1.29 is 29.5 Å². The van der Waals surface area contributed by atoms with E-state index in [2.05, 4.69) is 4.74 Å². The molecule has 0 aliphatic rings. The van der Waals surface area contributed by atoms with Gasteiger partial charge in [0.05, 0.1) is 24.0 Å². The Morgan fingerprint density at radius 1 is 1.24 bits per heavy atom. The van der Waals surface area contributed by atoms with Crippen molar-refractivity contribution in [1.82, 2.24) is 0 Å². The number of nitro benzene ring substituents is 1. The van der Waals surface area contributed by atoms with Gasteiger partial charge in [-0.05, 0) is 35.1 Å². The predicted octanol–water partition coefficient (Wildman–Crippen LogP) is 1.13. The third-order valence-electron chi connectivity index (χ3n) is 4.00. The number of benzene rings is 2. The Bertz CT molecular complexity index is 815. The molecule has 0 saturated heterocycles.